The molecule has 0 heterocycles. The van der Waals surface area contributed by atoms with E-state index < -0.39 is 28.5 Å². The van der Waals surface area contributed by atoms with Crippen molar-refractivity contribution in [1.82, 2.24) is 10.2 Å². The van der Waals surface area contributed by atoms with E-state index in [0.29, 0.717) is 5.56 Å². The van der Waals surface area contributed by atoms with E-state index in [9.17, 15) is 22.8 Å². The smallest absolute Gasteiger partial charge is 0.244 e. The lowest BCUT2D eigenvalue weighted by Gasteiger charge is -2.35. The van der Waals surface area contributed by atoms with Crippen LogP contribution in [0.5, 0.6) is 0 Å². The summed E-state index contributed by atoms with van der Waals surface area (Å²) in [5.41, 5.74) is 2.21. The maximum atomic E-state index is 14.3. The van der Waals surface area contributed by atoms with E-state index in [-0.39, 0.29) is 36.4 Å². The van der Waals surface area contributed by atoms with E-state index in [2.05, 4.69) is 21.2 Å². The molecule has 3 aromatic rings. The average Bonchev–Trinajstić information content (AvgIpc) is 2.98. The predicted molar refractivity (Wildman–Crippen MR) is 172 cm³/mol. The highest BCUT2D eigenvalue weighted by Crippen LogP contribution is 2.23. The van der Waals surface area contributed by atoms with Crippen molar-refractivity contribution in [3.63, 3.8) is 0 Å². The maximum absolute atomic E-state index is 14.3. The van der Waals surface area contributed by atoms with Gasteiger partial charge >= 0.3 is 0 Å². The minimum Gasteiger partial charge on any atom is -0.352 e. The van der Waals surface area contributed by atoms with Crippen molar-refractivity contribution in [2.24, 2.45) is 0 Å². The van der Waals surface area contributed by atoms with Crippen molar-refractivity contribution in [1.29, 1.82) is 0 Å². The molecule has 1 atom stereocenters. The molecule has 1 N–H and O–H groups in total. The zero-order chi connectivity index (χ0) is 31.0. The molecule has 1 saturated carbocycles. The van der Waals surface area contributed by atoms with Gasteiger partial charge in [-0.05, 0) is 55.2 Å². The number of benzene rings is 3. The topological polar surface area (TPSA) is 104 Å². The van der Waals surface area contributed by atoms with Crippen LogP contribution in [-0.2, 0) is 32.6 Å². The number of nitrogens with zero attached hydrogens (tertiary/aromatic N) is 2. The highest BCUT2D eigenvalue weighted by Gasteiger charge is 2.34. The van der Waals surface area contributed by atoms with Gasteiger partial charge in [0.05, 0.1) is 11.9 Å². The summed E-state index contributed by atoms with van der Waals surface area (Å²) in [6.45, 7) is 0.961. The molecule has 0 saturated heterocycles. The normalized spacial score (nSPS) is 14.5. The Morgan fingerprint density at radius 1 is 0.907 bits per heavy atom. The zero-order valence-corrected chi connectivity index (χ0v) is 26.9. The summed E-state index contributed by atoms with van der Waals surface area (Å²) in [6.07, 6.45) is 6.28. The Morgan fingerprint density at radius 2 is 1.58 bits per heavy atom. The Bertz CT molecular complexity index is 1540. The van der Waals surface area contributed by atoms with Crippen molar-refractivity contribution < 1.29 is 22.8 Å². The number of anilines is 1. The molecule has 1 aliphatic carbocycles. The first kappa shape index (κ1) is 32.4. The van der Waals surface area contributed by atoms with Gasteiger partial charge in [-0.2, -0.15) is 0 Å². The second-order valence-electron chi connectivity index (χ2n) is 11.1. The molecule has 0 radical (unpaired) electrons. The first-order valence-electron chi connectivity index (χ1n) is 14.5. The summed E-state index contributed by atoms with van der Waals surface area (Å²) >= 11 is 3.49. The molecular formula is C33H38BrN3O5S. The summed E-state index contributed by atoms with van der Waals surface area (Å²) in [6, 6.07) is 22.3. The van der Waals surface area contributed by atoms with Crippen LogP contribution in [0.4, 0.5) is 5.69 Å². The predicted octanol–water partition coefficient (Wildman–Crippen LogP) is 5.51. The molecule has 0 bridgehead atoms. The molecule has 0 spiro atoms. The fourth-order valence-electron chi connectivity index (χ4n) is 5.42. The minimum atomic E-state index is -3.93. The number of ketones is 1. The molecule has 43 heavy (non-hydrogen) atoms. The monoisotopic (exact) mass is 667 g/mol. The molecular weight excluding hydrogens is 630 g/mol. The van der Waals surface area contributed by atoms with Crippen molar-refractivity contribution in [2.75, 3.05) is 17.1 Å². The Labute approximate surface area is 262 Å². The van der Waals surface area contributed by atoms with E-state index >= 15 is 0 Å². The van der Waals surface area contributed by atoms with E-state index in [1.165, 1.54) is 17.9 Å². The lowest BCUT2D eigenvalue weighted by atomic mass is 9.94. The van der Waals surface area contributed by atoms with Gasteiger partial charge in [-0.25, -0.2) is 8.42 Å². The Kier molecular flexibility index (Phi) is 11.2. The number of nitrogens with one attached hydrogen (secondary N) is 1. The van der Waals surface area contributed by atoms with Gasteiger partial charge in [0.2, 0.25) is 21.8 Å². The van der Waals surface area contributed by atoms with E-state index in [0.717, 1.165) is 58.3 Å². The number of amides is 2. The number of carbonyl (C=O) groups excluding carboxylic acids is 3. The third-order valence-electron chi connectivity index (χ3n) is 7.68. The number of Topliss-reactive ketones (excluding diaryl/α,β-unsaturated/α-hetero) is 1. The first-order chi connectivity index (χ1) is 20.5. The van der Waals surface area contributed by atoms with Crippen molar-refractivity contribution in [3.8, 4) is 0 Å². The molecule has 2 amide bonds. The zero-order valence-electron chi connectivity index (χ0n) is 24.5. The van der Waals surface area contributed by atoms with Crippen LogP contribution in [0.3, 0.4) is 0 Å². The quantitative estimate of drug-likeness (QED) is 0.257. The number of halogens is 1. The Morgan fingerprint density at radius 3 is 2.23 bits per heavy atom. The minimum absolute atomic E-state index is 0.0317. The number of hydrogen-bond donors (Lipinski definition) is 1. The van der Waals surface area contributed by atoms with Gasteiger partial charge in [-0.15, -0.1) is 0 Å². The standard InChI is InChI=1S/C33H38BrN3O5S/c1-24(38)27-14-10-18-30(21-27)37(43(2,41)42)23-32(39)36(22-26-13-9-15-28(34)19-26)31(20-25-11-5-3-6-12-25)33(40)35-29-16-7-4-8-17-29/h3,5-6,9-15,18-19,21,29,31H,4,7-8,16-17,20,22-23H2,1-2H3,(H,35,40)/t31-/m0/s1. The van der Waals surface area contributed by atoms with Crippen LogP contribution in [0.1, 0.15) is 60.5 Å². The number of sulfonamides is 1. The molecule has 4 rings (SSSR count). The summed E-state index contributed by atoms with van der Waals surface area (Å²) < 4.78 is 27.8. The average molecular weight is 669 g/mol. The molecule has 1 fully saturated rings. The lowest BCUT2D eigenvalue weighted by Crippen LogP contribution is -2.55. The van der Waals surface area contributed by atoms with Crippen molar-refractivity contribution in [2.45, 2.75) is 64.1 Å². The van der Waals surface area contributed by atoms with E-state index in [1.807, 2.05) is 54.6 Å². The number of rotatable bonds is 12. The molecule has 0 aromatic heterocycles. The molecule has 1 aliphatic rings. The third kappa shape index (κ3) is 9.24. The van der Waals surface area contributed by atoms with Gasteiger partial charge in [-0.3, -0.25) is 18.7 Å². The van der Waals surface area contributed by atoms with Crippen LogP contribution in [0.15, 0.2) is 83.3 Å². The summed E-state index contributed by atoms with van der Waals surface area (Å²) in [5, 5.41) is 3.20. The molecule has 0 aliphatic heterocycles. The van der Waals surface area contributed by atoms with Gasteiger partial charge in [0.25, 0.3) is 0 Å². The molecule has 10 heteroatoms. The summed E-state index contributed by atoms with van der Waals surface area (Å²) in [4.78, 5) is 41.8. The maximum Gasteiger partial charge on any atom is 0.244 e. The van der Waals surface area contributed by atoms with Crippen LogP contribution in [0, 0.1) is 0 Å². The van der Waals surface area contributed by atoms with Gasteiger partial charge in [0.15, 0.2) is 5.78 Å². The van der Waals surface area contributed by atoms with Gasteiger partial charge in [-0.1, -0.05) is 89.8 Å². The fraction of sp³-hybridized carbons (Fsp3) is 0.364. The van der Waals surface area contributed by atoms with Gasteiger partial charge in [0.1, 0.15) is 12.6 Å². The van der Waals surface area contributed by atoms with E-state index in [1.54, 1.807) is 18.2 Å². The van der Waals surface area contributed by atoms with Crippen LogP contribution in [-0.4, -0.2) is 55.8 Å². The number of carbonyl (C=O) groups is 3. The molecule has 228 valence electrons. The summed E-state index contributed by atoms with van der Waals surface area (Å²) in [7, 11) is -3.93. The first-order valence-corrected chi connectivity index (χ1v) is 17.1. The van der Waals surface area contributed by atoms with Crippen LogP contribution in [0.25, 0.3) is 0 Å². The van der Waals surface area contributed by atoms with Crippen molar-refractivity contribution >= 4 is 49.2 Å². The summed E-state index contributed by atoms with van der Waals surface area (Å²) in [5.74, 6) is -1.01. The van der Waals surface area contributed by atoms with Crippen molar-refractivity contribution in [3.05, 3.63) is 100 Å². The second-order valence-corrected chi connectivity index (χ2v) is 13.9. The Hall–Kier alpha value is -3.50. The Balaban J connectivity index is 1.73. The van der Waals surface area contributed by atoms with Crippen LogP contribution >= 0.6 is 15.9 Å². The highest BCUT2D eigenvalue weighted by molar-refractivity contribution is 9.10. The second kappa shape index (κ2) is 14.8. The highest BCUT2D eigenvalue weighted by atomic mass is 79.9. The molecule has 0 unspecified atom stereocenters. The van der Waals surface area contributed by atoms with Crippen LogP contribution in [0.2, 0.25) is 0 Å². The molecule has 3 aromatic carbocycles. The fourth-order valence-corrected chi connectivity index (χ4v) is 6.71. The van der Waals surface area contributed by atoms with E-state index in [4.69, 9.17) is 0 Å². The SMILES string of the molecule is CC(=O)c1cccc(N(CC(=O)N(Cc2cccc(Br)c2)[C@@H](Cc2ccccc2)C(=O)NC2CCCCC2)S(C)(=O)=O)c1. The lowest BCUT2D eigenvalue weighted by molar-refractivity contribution is -0.140. The third-order valence-corrected chi connectivity index (χ3v) is 9.32. The largest absolute Gasteiger partial charge is 0.352 e. The van der Waals surface area contributed by atoms with Gasteiger partial charge in [0, 0.05) is 29.0 Å². The van der Waals surface area contributed by atoms with Crippen LogP contribution < -0.4 is 9.62 Å². The number of hydrogen-bond acceptors (Lipinski definition) is 5. The van der Waals surface area contributed by atoms with Gasteiger partial charge < -0.3 is 10.2 Å². The molecule has 8 nitrogen and oxygen atoms in total.